The van der Waals surface area contributed by atoms with E-state index in [1.807, 2.05) is 0 Å². The second kappa shape index (κ2) is 5.36. The molecular weight excluding hydrogens is 136 g/mol. The number of hydrogen-bond acceptors (Lipinski definition) is 1. The summed E-state index contributed by atoms with van der Waals surface area (Å²) in [4.78, 5) is 0. The quantitative estimate of drug-likeness (QED) is 0.554. The zero-order chi connectivity index (χ0) is 7.94. The van der Waals surface area contributed by atoms with Crippen LogP contribution >= 0.6 is 0 Å². The molecule has 11 heavy (non-hydrogen) atoms. The van der Waals surface area contributed by atoms with E-state index in [4.69, 9.17) is 4.74 Å². The Kier molecular flexibility index (Phi) is 4.29. The monoisotopic (exact) mass is 153 g/mol. The van der Waals surface area contributed by atoms with Gasteiger partial charge in [0, 0.05) is 0 Å². The van der Waals surface area contributed by atoms with Crippen molar-refractivity contribution in [3.05, 3.63) is 18.8 Å². The van der Waals surface area contributed by atoms with Gasteiger partial charge in [-0.1, -0.05) is 18.9 Å². The second-order valence-electron chi connectivity index (χ2n) is 3.16. The minimum absolute atomic E-state index is 0.736. The number of rotatable bonds is 2. The van der Waals surface area contributed by atoms with Gasteiger partial charge in [-0.3, -0.25) is 0 Å². The number of hydrogen-bond donors (Lipinski definition) is 0. The van der Waals surface area contributed by atoms with Gasteiger partial charge in [-0.15, -0.1) is 0 Å². The molecule has 0 aliphatic heterocycles. The summed E-state index contributed by atoms with van der Waals surface area (Å²) >= 11 is 0. The molecule has 1 aliphatic rings. The van der Waals surface area contributed by atoms with Gasteiger partial charge >= 0.3 is 0 Å². The Labute approximate surface area is 69.4 Å². The van der Waals surface area contributed by atoms with E-state index in [9.17, 15) is 0 Å². The molecule has 0 aromatic rings. The molecule has 1 radical (unpaired) electrons. The lowest BCUT2D eigenvalue weighted by molar-refractivity contribution is 0.267. The fraction of sp³-hybridized carbons (Fsp3) is 0.700. The zero-order valence-corrected chi connectivity index (χ0v) is 7.14. The maximum absolute atomic E-state index is 4.86. The normalized spacial score (nSPS) is 25.0. The summed E-state index contributed by atoms with van der Waals surface area (Å²) in [6.07, 6.45) is 10.2. The summed E-state index contributed by atoms with van der Waals surface area (Å²) in [5.41, 5.74) is 1.44. The van der Waals surface area contributed by atoms with E-state index in [0.29, 0.717) is 0 Å². The third kappa shape index (κ3) is 3.57. The molecule has 0 atom stereocenters. The number of ether oxygens (including phenoxy) is 1. The Morgan fingerprint density at radius 2 is 2.09 bits per heavy atom. The maximum atomic E-state index is 4.86. The predicted octanol–water partition coefficient (Wildman–Crippen LogP) is 3.08. The van der Waals surface area contributed by atoms with Gasteiger partial charge in [-0.25, -0.2) is 0 Å². The van der Waals surface area contributed by atoms with E-state index in [1.54, 1.807) is 0 Å². The van der Waals surface area contributed by atoms with Crippen molar-refractivity contribution in [2.75, 3.05) is 6.61 Å². The Morgan fingerprint density at radius 3 is 2.91 bits per heavy atom. The molecule has 1 heteroatoms. The lowest BCUT2D eigenvalue weighted by Gasteiger charge is -2.09. The Hall–Kier alpha value is -0.300. The molecule has 0 amide bonds. The smallest absolute Gasteiger partial charge is 0.0705 e. The zero-order valence-electron chi connectivity index (χ0n) is 7.14. The molecule has 0 spiro atoms. The first-order valence-electron chi connectivity index (χ1n) is 4.48. The van der Waals surface area contributed by atoms with Crippen LogP contribution in [0, 0.1) is 7.11 Å². The van der Waals surface area contributed by atoms with Crippen LogP contribution in [0.4, 0.5) is 0 Å². The van der Waals surface area contributed by atoms with E-state index >= 15 is 0 Å². The van der Waals surface area contributed by atoms with Crippen LogP contribution in [-0.4, -0.2) is 6.61 Å². The van der Waals surface area contributed by atoms with Gasteiger partial charge in [0.1, 0.15) is 0 Å². The molecule has 63 valence electrons. The first-order chi connectivity index (χ1) is 5.43. The second-order valence-corrected chi connectivity index (χ2v) is 3.16. The Bertz CT molecular complexity index is 127. The highest BCUT2D eigenvalue weighted by Crippen LogP contribution is 2.16. The molecule has 1 aliphatic carbocycles. The summed E-state index contributed by atoms with van der Waals surface area (Å²) in [5, 5.41) is 0. The molecule has 0 bridgehead atoms. The van der Waals surface area contributed by atoms with Crippen LogP contribution in [0.1, 0.15) is 38.5 Å². The highest BCUT2D eigenvalue weighted by Gasteiger charge is 2.00. The molecule has 0 saturated carbocycles. The first kappa shape index (κ1) is 8.79. The summed E-state index contributed by atoms with van der Waals surface area (Å²) < 4.78 is 4.86. The molecule has 0 heterocycles. The number of allylic oxidation sites excluding steroid dienone is 1. The first-order valence-corrected chi connectivity index (χ1v) is 4.48. The van der Waals surface area contributed by atoms with Crippen LogP contribution in [0.5, 0.6) is 0 Å². The molecule has 0 saturated heterocycles. The van der Waals surface area contributed by atoms with Gasteiger partial charge in [-0.2, -0.15) is 0 Å². The van der Waals surface area contributed by atoms with Crippen LogP contribution in [0.25, 0.3) is 0 Å². The van der Waals surface area contributed by atoms with Crippen molar-refractivity contribution in [1.82, 2.24) is 0 Å². The van der Waals surface area contributed by atoms with Crippen LogP contribution in [0.15, 0.2) is 11.6 Å². The molecule has 1 rings (SSSR count). The van der Waals surface area contributed by atoms with Crippen molar-refractivity contribution < 1.29 is 4.74 Å². The molecule has 0 unspecified atom stereocenters. The van der Waals surface area contributed by atoms with Gasteiger partial charge in [-0.05, 0) is 31.3 Å². The lowest BCUT2D eigenvalue weighted by Crippen LogP contribution is -1.96. The van der Waals surface area contributed by atoms with Crippen molar-refractivity contribution in [2.45, 2.75) is 38.5 Å². The summed E-state index contributed by atoms with van der Waals surface area (Å²) in [6, 6.07) is 0. The van der Waals surface area contributed by atoms with Gasteiger partial charge in [0.2, 0.25) is 0 Å². The van der Waals surface area contributed by atoms with Gasteiger partial charge in [0.25, 0.3) is 0 Å². The van der Waals surface area contributed by atoms with Gasteiger partial charge in [0.15, 0.2) is 0 Å². The molecule has 0 fully saturated rings. The fourth-order valence-corrected chi connectivity index (χ4v) is 1.52. The van der Waals surface area contributed by atoms with Crippen molar-refractivity contribution in [2.24, 2.45) is 0 Å². The van der Waals surface area contributed by atoms with E-state index in [-0.39, 0.29) is 0 Å². The third-order valence-corrected chi connectivity index (χ3v) is 2.17. The van der Waals surface area contributed by atoms with Crippen LogP contribution < -0.4 is 0 Å². The largest absolute Gasteiger partial charge is 0.375 e. The van der Waals surface area contributed by atoms with Crippen LogP contribution in [0.3, 0.4) is 0 Å². The van der Waals surface area contributed by atoms with E-state index < -0.39 is 0 Å². The van der Waals surface area contributed by atoms with E-state index in [2.05, 4.69) is 13.2 Å². The Balaban J connectivity index is 2.32. The van der Waals surface area contributed by atoms with Crippen molar-refractivity contribution in [3.8, 4) is 0 Å². The van der Waals surface area contributed by atoms with Crippen molar-refractivity contribution in [3.63, 3.8) is 0 Å². The molecule has 0 aromatic carbocycles. The molecule has 0 aromatic heterocycles. The van der Waals surface area contributed by atoms with E-state index in [0.717, 1.165) is 6.61 Å². The molecule has 1 nitrogen and oxygen atoms in total. The molecule has 0 N–H and O–H groups in total. The van der Waals surface area contributed by atoms with Gasteiger partial charge < -0.3 is 4.74 Å². The third-order valence-electron chi connectivity index (χ3n) is 2.17. The fourth-order valence-electron chi connectivity index (χ4n) is 1.52. The van der Waals surface area contributed by atoms with Crippen molar-refractivity contribution in [1.29, 1.82) is 0 Å². The minimum Gasteiger partial charge on any atom is -0.375 e. The standard InChI is InChI=1S/C10H17O/c1-11-9-10-7-5-3-2-4-6-8-10/h7H,1-6,8-9H2/b10-7+. The summed E-state index contributed by atoms with van der Waals surface area (Å²) in [6.45, 7) is 0.736. The van der Waals surface area contributed by atoms with Crippen LogP contribution in [-0.2, 0) is 4.74 Å². The SMILES string of the molecule is [CH2]OC/C1=C/CCCCCC1. The van der Waals surface area contributed by atoms with E-state index in [1.165, 1.54) is 44.1 Å². The maximum Gasteiger partial charge on any atom is 0.0705 e. The highest BCUT2D eigenvalue weighted by molar-refractivity contribution is 5.03. The average Bonchev–Trinajstić information content (AvgIpc) is 1.94. The van der Waals surface area contributed by atoms with Crippen molar-refractivity contribution >= 4 is 0 Å². The lowest BCUT2D eigenvalue weighted by atomic mass is 10.0. The summed E-state index contributed by atoms with van der Waals surface area (Å²) in [7, 11) is 3.39. The Morgan fingerprint density at radius 1 is 1.27 bits per heavy atom. The molecular formula is C10H17O. The van der Waals surface area contributed by atoms with Crippen LogP contribution in [0.2, 0.25) is 0 Å². The average molecular weight is 153 g/mol. The summed E-state index contributed by atoms with van der Waals surface area (Å²) in [5.74, 6) is 0. The topological polar surface area (TPSA) is 9.23 Å². The minimum atomic E-state index is 0.736. The van der Waals surface area contributed by atoms with Gasteiger partial charge in [0.05, 0.1) is 13.7 Å². The highest BCUT2D eigenvalue weighted by atomic mass is 16.5. The predicted molar refractivity (Wildman–Crippen MR) is 47.1 cm³/mol.